The third-order valence-corrected chi connectivity index (χ3v) is 3.16. The Morgan fingerprint density at radius 2 is 2.38 bits per heavy atom. The lowest BCUT2D eigenvalue weighted by molar-refractivity contribution is 0.461. The molecule has 2 atom stereocenters. The van der Waals surface area contributed by atoms with Crippen LogP contribution < -0.4 is 5.73 Å². The zero-order chi connectivity index (χ0) is 9.42. The van der Waals surface area contributed by atoms with Gasteiger partial charge < -0.3 is 5.73 Å². The highest BCUT2D eigenvalue weighted by Gasteiger charge is 2.25. The normalized spacial score (nSPS) is 28.2. The van der Waals surface area contributed by atoms with Crippen molar-refractivity contribution >= 4 is 11.6 Å². The van der Waals surface area contributed by atoms with E-state index in [2.05, 4.69) is 5.10 Å². The Labute approximate surface area is 82.9 Å². The van der Waals surface area contributed by atoms with Gasteiger partial charge in [0, 0.05) is 11.6 Å². The predicted molar refractivity (Wildman–Crippen MR) is 52.8 cm³/mol. The number of nitrogens with two attached hydrogens (primary N) is 1. The molecule has 1 fully saturated rings. The number of nitrogens with zero attached hydrogens (tertiary/aromatic N) is 2. The zero-order valence-electron chi connectivity index (χ0n) is 7.70. The van der Waals surface area contributed by atoms with Crippen molar-refractivity contribution in [2.45, 2.75) is 38.3 Å². The Balaban J connectivity index is 2.21. The van der Waals surface area contributed by atoms with Crippen molar-refractivity contribution in [2.24, 2.45) is 5.73 Å². The summed E-state index contributed by atoms with van der Waals surface area (Å²) in [5.41, 5.74) is 6.88. The molecule has 0 aromatic carbocycles. The number of aryl methyl sites for hydroxylation is 1. The molecule has 1 aromatic rings. The average molecular weight is 200 g/mol. The Hall–Kier alpha value is -0.540. The van der Waals surface area contributed by atoms with Crippen LogP contribution in [0.5, 0.6) is 0 Å². The predicted octanol–water partition coefficient (Wildman–Crippen LogP) is 1.90. The fourth-order valence-corrected chi connectivity index (χ4v) is 2.13. The highest BCUT2D eigenvalue weighted by atomic mass is 35.5. The molecule has 0 amide bonds. The molecule has 4 heteroatoms. The number of aromatic nitrogens is 2. The molecule has 0 bridgehead atoms. The number of hydrogen-bond donors (Lipinski definition) is 1. The van der Waals surface area contributed by atoms with Gasteiger partial charge in [-0.3, -0.25) is 4.68 Å². The maximum absolute atomic E-state index is 6.10. The molecule has 2 N–H and O–H groups in total. The monoisotopic (exact) mass is 199 g/mol. The van der Waals surface area contributed by atoms with E-state index in [0.717, 1.165) is 30.0 Å². The molecule has 1 saturated carbocycles. The summed E-state index contributed by atoms with van der Waals surface area (Å²) in [6, 6.07) is 0.738. The molecule has 1 heterocycles. The lowest BCUT2D eigenvalue weighted by Crippen LogP contribution is -2.16. The van der Waals surface area contributed by atoms with E-state index in [9.17, 15) is 0 Å². The van der Waals surface area contributed by atoms with E-state index in [1.165, 1.54) is 0 Å². The van der Waals surface area contributed by atoms with Crippen molar-refractivity contribution in [3.8, 4) is 0 Å². The van der Waals surface area contributed by atoms with Gasteiger partial charge in [0.15, 0.2) is 0 Å². The standard InChI is InChI=1S/C9H14ClN3/c1-6-5-12-13(9(6)10)8-3-2-7(11)4-8/h5,7-8H,2-4,11H2,1H3. The third-order valence-electron chi connectivity index (χ3n) is 2.69. The second kappa shape index (κ2) is 3.31. The van der Waals surface area contributed by atoms with E-state index >= 15 is 0 Å². The maximum atomic E-state index is 6.10. The Kier molecular flexibility index (Phi) is 2.30. The van der Waals surface area contributed by atoms with Gasteiger partial charge in [0.05, 0.1) is 12.2 Å². The third kappa shape index (κ3) is 1.58. The summed E-state index contributed by atoms with van der Waals surface area (Å²) in [7, 11) is 0. The van der Waals surface area contributed by atoms with Crippen LogP contribution in [0.1, 0.15) is 30.9 Å². The van der Waals surface area contributed by atoms with Crippen molar-refractivity contribution in [3.05, 3.63) is 16.9 Å². The van der Waals surface area contributed by atoms with Crippen molar-refractivity contribution in [3.63, 3.8) is 0 Å². The molecule has 2 unspecified atom stereocenters. The van der Waals surface area contributed by atoms with Gasteiger partial charge in [0.25, 0.3) is 0 Å². The largest absolute Gasteiger partial charge is 0.328 e. The lowest BCUT2D eigenvalue weighted by Gasteiger charge is -2.11. The lowest BCUT2D eigenvalue weighted by atomic mass is 10.2. The Morgan fingerprint density at radius 1 is 1.62 bits per heavy atom. The first-order valence-electron chi connectivity index (χ1n) is 4.63. The first kappa shape index (κ1) is 9.03. The van der Waals surface area contributed by atoms with Crippen LogP contribution in [0, 0.1) is 6.92 Å². The van der Waals surface area contributed by atoms with Gasteiger partial charge in [-0.1, -0.05) is 11.6 Å². The number of hydrogen-bond acceptors (Lipinski definition) is 2. The first-order valence-corrected chi connectivity index (χ1v) is 5.01. The van der Waals surface area contributed by atoms with Gasteiger partial charge in [-0.25, -0.2) is 0 Å². The SMILES string of the molecule is Cc1cnn(C2CCC(N)C2)c1Cl. The topological polar surface area (TPSA) is 43.8 Å². The van der Waals surface area contributed by atoms with Crippen LogP contribution in [-0.2, 0) is 0 Å². The van der Waals surface area contributed by atoms with E-state index in [0.29, 0.717) is 12.1 Å². The fourth-order valence-electron chi connectivity index (χ4n) is 1.90. The van der Waals surface area contributed by atoms with Gasteiger partial charge in [-0.2, -0.15) is 5.10 Å². The smallest absolute Gasteiger partial charge is 0.130 e. The van der Waals surface area contributed by atoms with Crippen LogP contribution in [0.15, 0.2) is 6.20 Å². The molecule has 0 spiro atoms. The molecule has 0 saturated heterocycles. The van der Waals surface area contributed by atoms with Crippen molar-refractivity contribution in [1.82, 2.24) is 9.78 Å². The van der Waals surface area contributed by atoms with Gasteiger partial charge in [0.1, 0.15) is 5.15 Å². The molecule has 1 aliphatic carbocycles. The number of halogens is 1. The minimum atomic E-state index is 0.325. The molecule has 0 radical (unpaired) electrons. The van der Waals surface area contributed by atoms with E-state index in [1.807, 2.05) is 17.8 Å². The van der Waals surface area contributed by atoms with E-state index in [4.69, 9.17) is 17.3 Å². The first-order chi connectivity index (χ1) is 6.18. The average Bonchev–Trinajstić information content (AvgIpc) is 2.62. The summed E-state index contributed by atoms with van der Waals surface area (Å²) < 4.78 is 1.91. The highest BCUT2D eigenvalue weighted by molar-refractivity contribution is 6.30. The summed E-state index contributed by atoms with van der Waals surface area (Å²) in [5, 5.41) is 5.02. The van der Waals surface area contributed by atoms with Gasteiger partial charge in [-0.05, 0) is 26.2 Å². The second-order valence-electron chi connectivity index (χ2n) is 3.79. The van der Waals surface area contributed by atoms with Crippen LogP contribution in [0.25, 0.3) is 0 Å². The van der Waals surface area contributed by atoms with Gasteiger partial charge in [-0.15, -0.1) is 0 Å². The van der Waals surface area contributed by atoms with Crippen LogP contribution in [-0.4, -0.2) is 15.8 Å². The van der Waals surface area contributed by atoms with Crippen LogP contribution >= 0.6 is 11.6 Å². The summed E-state index contributed by atoms with van der Waals surface area (Å²) >= 11 is 6.10. The molecule has 2 rings (SSSR count). The van der Waals surface area contributed by atoms with E-state index in [-0.39, 0.29) is 0 Å². The summed E-state index contributed by atoms with van der Waals surface area (Å²) in [6.07, 6.45) is 4.99. The van der Waals surface area contributed by atoms with Gasteiger partial charge >= 0.3 is 0 Å². The van der Waals surface area contributed by atoms with Crippen LogP contribution in [0.4, 0.5) is 0 Å². The summed E-state index contributed by atoms with van der Waals surface area (Å²) in [5.74, 6) is 0. The quantitative estimate of drug-likeness (QED) is 0.751. The molecule has 3 nitrogen and oxygen atoms in total. The minimum Gasteiger partial charge on any atom is -0.328 e. The molecule has 13 heavy (non-hydrogen) atoms. The zero-order valence-corrected chi connectivity index (χ0v) is 8.46. The molecular formula is C9H14ClN3. The fraction of sp³-hybridized carbons (Fsp3) is 0.667. The Morgan fingerprint density at radius 3 is 2.85 bits per heavy atom. The Bertz CT molecular complexity index is 308. The minimum absolute atomic E-state index is 0.325. The second-order valence-corrected chi connectivity index (χ2v) is 4.15. The molecule has 0 aliphatic heterocycles. The summed E-state index contributed by atoms with van der Waals surface area (Å²) in [6.45, 7) is 1.97. The van der Waals surface area contributed by atoms with E-state index < -0.39 is 0 Å². The van der Waals surface area contributed by atoms with Crippen molar-refractivity contribution in [2.75, 3.05) is 0 Å². The maximum Gasteiger partial charge on any atom is 0.130 e. The van der Waals surface area contributed by atoms with Gasteiger partial charge in [0.2, 0.25) is 0 Å². The molecule has 72 valence electrons. The van der Waals surface area contributed by atoms with Crippen molar-refractivity contribution < 1.29 is 0 Å². The summed E-state index contributed by atoms with van der Waals surface area (Å²) in [4.78, 5) is 0. The van der Waals surface area contributed by atoms with E-state index in [1.54, 1.807) is 0 Å². The van der Waals surface area contributed by atoms with Crippen LogP contribution in [0.2, 0.25) is 5.15 Å². The van der Waals surface area contributed by atoms with Crippen LogP contribution in [0.3, 0.4) is 0 Å². The number of rotatable bonds is 1. The molecule has 1 aromatic heterocycles. The highest BCUT2D eigenvalue weighted by Crippen LogP contribution is 2.31. The molecule has 1 aliphatic rings. The molecular weight excluding hydrogens is 186 g/mol. The van der Waals surface area contributed by atoms with Crippen molar-refractivity contribution in [1.29, 1.82) is 0 Å².